The molecular weight excluding hydrogens is 262 g/mol. The van der Waals surface area contributed by atoms with Crippen LogP contribution in [0.25, 0.3) is 11.2 Å². The number of aryl methyl sites for hydroxylation is 1. The normalized spacial score (nSPS) is 11.2. The van der Waals surface area contributed by atoms with E-state index in [0.29, 0.717) is 36.6 Å². The molecule has 0 radical (unpaired) electrons. The molecule has 0 aromatic carbocycles. The molecule has 2 heterocycles. The number of rotatable bonds is 6. The van der Waals surface area contributed by atoms with Crippen molar-refractivity contribution in [1.82, 2.24) is 19.1 Å². The minimum Gasteiger partial charge on any atom is -0.396 e. The van der Waals surface area contributed by atoms with E-state index in [4.69, 9.17) is 5.11 Å². The number of anilines is 1. The van der Waals surface area contributed by atoms with E-state index in [1.165, 1.54) is 11.6 Å². The summed E-state index contributed by atoms with van der Waals surface area (Å²) in [5, 5.41) is 11.7. The number of hydrogen-bond donors (Lipinski definition) is 3. The standard InChI is InChI=1S/C12H19N5O3/c1-3-6-17-9-8(10(19)16(2)12(17)20)14-11(15-9)13-5-4-7-18/h18H,3-7H2,1-2H3,(H2,13,14,15). The average Bonchev–Trinajstić information content (AvgIpc) is 2.85. The summed E-state index contributed by atoms with van der Waals surface area (Å²) in [7, 11) is 1.45. The maximum atomic E-state index is 12.1. The van der Waals surface area contributed by atoms with Crippen molar-refractivity contribution in [1.29, 1.82) is 0 Å². The van der Waals surface area contributed by atoms with E-state index in [1.807, 2.05) is 6.92 Å². The molecule has 0 aliphatic heterocycles. The van der Waals surface area contributed by atoms with Gasteiger partial charge in [-0.15, -0.1) is 0 Å². The highest BCUT2D eigenvalue weighted by molar-refractivity contribution is 5.72. The lowest BCUT2D eigenvalue weighted by Gasteiger charge is -2.06. The molecule has 0 bridgehead atoms. The summed E-state index contributed by atoms with van der Waals surface area (Å²) in [6.07, 6.45) is 1.35. The molecule has 2 aromatic heterocycles. The van der Waals surface area contributed by atoms with Gasteiger partial charge in [0.15, 0.2) is 11.2 Å². The summed E-state index contributed by atoms with van der Waals surface area (Å²) in [5.74, 6) is 0.431. The van der Waals surface area contributed by atoms with Crippen molar-refractivity contribution in [2.75, 3.05) is 18.5 Å². The lowest BCUT2D eigenvalue weighted by molar-refractivity contribution is 0.292. The summed E-state index contributed by atoms with van der Waals surface area (Å²) in [6, 6.07) is 0. The second-order valence-electron chi connectivity index (χ2n) is 4.59. The van der Waals surface area contributed by atoms with Crippen molar-refractivity contribution in [2.24, 2.45) is 7.05 Å². The minimum absolute atomic E-state index is 0.0789. The van der Waals surface area contributed by atoms with Gasteiger partial charge in [0, 0.05) is 26.7 Å². The third-order valence-corrected chi connectivity index (χ3v) is 3.05. The van der Waals surface area contributed by atoms with E-state index >= 15 is 0 Å². The molecule has 20 heavy (non-hydrogen) atoms. The quantitative estimate of drug-likeness (QED) is 0.626. The van der Waals surface area contributed by atoms with Crippen molar-refractivity contribution in [3.8, 4) is 0 Å². The number of nitrogens with one attached hydrogen (secondary N) is 2. The first kappa shape index (κ1) is 14.3. The Hall–Kier alpha value is -2.09. The molecule has 0 fully saturated rings. The molecular formula is C12H19N5O3. The Labute approximate surface area is 115 Å². The van der Waals surface area contributed by atoms with E-state index in [-0.39, 0.29) is 17.9 Å². The van der Waals surface area contributed by atoms with E-state index in [1.54, 1.807) is 0 Å². The van der Waals surface area contributed by atoms with Crippen molar-refractivity contribution < 1.29 is 5.11 Å². The molecule has 0 unspecified atom stereocenters. The van der Waals surface area contributed by atoms with Crippen LogP contribution in [-0.2, 0) is 13.6 Å². The monoisotopic (exact) mass is 281 g/mol. The first-order valence-corrected chi connectivity index (χ1v) is 6.64. The molecule has 0 aliphatic rings. The van der Waals surface area contributed by atoms with Crippen LogP contribution in [0, 0.1) is 0 Å². The van der Waals surface area contributed by atoms with E-state index in [9.17, 15) is 9.59 Å². The van der Waals surface area contributed by atoms with Gasteiger partial charge >= 0.3 is 5.69 Å². The van der Waals surface area contributed by atoms with Gasteiger partial charge in [0.1, 0.15) is 0 Å². The zero-order chi connectivity index (χ0) is 14.7. The van der Waals surface area contributed by atoms with Gasteiger partial charge in [-0.05, 0) is 12.8 Å². The van der Waals surface area contributed by atoms with Gasteiger partial charge < -0.3 is 15.4 Å². The Morgan fingerprint density at radius 1 is 1.40 bits per heavy atom. The summed E-state index contributed by atoms with van der Waals surface area (Å²) in [5.41, 5.74) is -0.0729. The molecule has 2 rings (SSSR count). The first-order chi connectivity index (χ1) is 9.60. The second-order valence-corrected chi connectivity index (χ2v) is 4.59. The zero-order valence-electron chi connectivity index (χ0n) is 11.6. The van der Waals surface area contributed by atoms with Crippen molar-refractivity contribution in [2.45, 2.75) is 26.3 Å². The first-order valence-electron chi connectivity index (χ1n) is 6.64. The zero-order valence-corrected chi connectivity index (χ0v) is 11.6. The highest BCUT2D eigenvalue weighted by Crippen LogP contribution is 2.09. The second kappa shape index (κ2) is 5.91. The van der Waals surface area contributed by atoms with Gasteiger partial charge in [-0.2, -0.15) is 4.98 Å². The third kappa shape index (κ3) is 2.46. The van der Waals surface area contributed by atoms with Crippen LogP contribution in [0.5, 0.6) is 0 Å². The van der Waals surface area contributed by atoms with Gasteiger partial charge in [0.25, 0.3) is 5.56 Å². The molecule has 0 saturated heterocycles. The molecule has 8 nitrogen and oxygen atoms in total. The number of aliphatic hydroxyl groups excluding tert-OH is 1. The van der Waals surface area contributed by atoms with Gasteiger partial charge in [-0.1, -0.05) is 6.92 Å². The minimum atomic E-state index is -0.389. The molecule has 110 valence electrons. The van der Waals surface area contributed by atoms with Gasteiger partial charge in [-0.25, -0.2) is 4.79 Å². The fourth-order valence-electron chi connectivity index (χ4n) is 2.03. The van der Waals surface area contributed by atoms with Gasteiger partial charge in [0.2, 0.25) is 5.95 Å². The largest absolute Gasteiger partial charge is 0.396 e. The Bertz CT molecular complexity index is 712. The van der Waals surface area contributed by atoms with Crippen LogP contribution >= 0.6 is 0 Å². The van der Waals surface area contributed by atoms with E-state index in [2.05, 4.69) is 15.3 Å². The highest BCUT2D eigenvalue weighted by Gasteiger charge is 2.14. The van der Waals surface area contributed by atoms with Crippen LogP contribution in [0.4, 0.5) is 5.95 Å². The number of nitrogens with zero attached hydrogens (tertiary/aromatic N) is 3. The molecule has 0 saturated carbocycles. The Morgan fingerprint density at radius 3 is 2.80 bits per heavy atom. The third-order valence-electron chi connectivity index (χ3n) is 3.05. The smallest absolute Gasteiger partial charge is 0.332 e. The van der Waals surface area contributed by atoms with Crippen LogP contribution in [0.2, 0.25) is 0 Å². The lowest BCUT2D eigenvalue weighted by atomic mass is 10.4. The van der Waals surface area contributed by atoms with Crippen molar-refractivity contribution >= 4 is 17.1 Å². The van der Waals surface area contributed by atoms with Crippen LogP contribution < -0.4 is 16.6 Å². The van der Waals surface area contributed by atoms with Crippen LogP contribution in [-0.4, -0.2) is 37.4 Å². The SMILES string of the molecule is CCCn1c(=O)n(C)c(=O)c2[nH]c(NCCCO)nc21. The molecule has 0 spiro atoms. The average molecular weight is 281 g/mol. The summed E-state index contributed by atoms with van der Waals surface area (Å²) in [4.78, 5) is 31.3. The van der Waals surface area contributed by atoms with Crippen LogP contribution in [0.1, 0.15) is 19.8 Å². The molecule has 0 aliphatic carbocycles. The number of hydrogen-bond acceptors (Lipinski definition) is 5. The molecule has 8 heteroatoms. The number of aliphatic hydroxyl groups is 1. The van der Waals surface area contributed by atoms with E-state index < -0.39 is 0 Å². The number of H-pyrrole nitrogens is 1. The summed E-state index contributed by atoms with van der Waals surface area (Å²) in [6.45, 7) is 3.07. The Balaban J connectivity index is 2.54. The highest BCUT2D eigenvalue weighted by atomic mass is 16.3. The number of imidazole rings is 1. The van der Waals surface area contributed by atoms with Crippen molar-refractivity contribution in [3.63, 3.8) is 0 Å². The number of aromatic amines is 1. The fraction of sp³-hybridized carbons (Fsp3) is 0.583. The van der Waals surface area contributed by atoms with Crippen molar-refractivity contribution in [3.05, 3.63) is 20.8 Å². The predicted octanol–water partition coefficient (Wildman–Crippen LogP) is -0.372. The predicted molar refractivity (Wildman–Crippen MR) is 76.1 cm³/mol. The Kier molecular flexibility index (Phi) is 4.23. The maximum absolute atomic E-state index is 12.1. The molecule has 0 amide bonds. The lowest BCUT2D eigenvalue weighted by Crippen LogP contribution is -2.38. The maximum Gasteiger partial charge on any atom is 0.332 e. The van der Waals surface area contributed by atoms with Crippen LogP contribution in [0.15, 0.2) is 9.59 Å². The molecule has 2 aromatic rings. The Morgan fingerprint density at radius 2 is 2.15 bits per heavy atom. The number of fused-ring (bicyclic) bond motifs is 1. The van der Waals surface area contributed by atoms with Gasteiger partial charge in [0.05, 0.1) is 0 Å². The summed E-state index contributed by atoms with van der Waals surface area (Å²) < 4.78 is 2.57. The topological polar surface area (TPSA) is 105 Å². The van der Waals surface area contributed by atoms with Crippen LogP contribution in [0.3, 0.4) is 0 Å². The number of aromatic nitrogens is 4. The molecule has 3 N–H and O–H groups in total. The van der Waals surface area contributed by atoms with E-state index in [0.717, 1.165) is 11.0 Å². The molecule has 0 atom stereocenters. The fourth-order valence-corrected chi connectivity index (χ4v) is 2.03. The van der Waals surface area contributed by atoms with Gasteiger partial charge in [-0.3, -0.25) is 13.9 Å². The summed E-state index contributed by atoms with van der Waals surface area (Å²) >= 11 is 0.